The van der Waals surface area contributed by atoms with E-state index in [4.69, 9.17) is 0 Å². The van der Waals surface area contributed by atoms with Crippen molar-refractivity contribution in [2.45, 2.75) is 6.43 Å². The second kappa shape index (κ2) is 3.24. The van der Waals surface area contributed by atoms with Crippen LogP contribution in [0.3, 0.4) is 0 Å². The zero-order valence-electron chi connectivity index (χ0n) is 6.73. The quantitative estimate of drug-likeness (QED) is 0.634. The molecule has 0 saturated carbocycles. The molecule has 0 radical (unpaired) electrons. The summed E-state index contributed by atoms with van der Waals surface area (Å²) in [5.41, 5.74) is -0.877. The van der Waals surface area contributed by atoms with Crippen LogP contribution in [0.1, 0.15) is 12.0 Å². The van der Waals surface area contributed by atoms with Crippen LogP contribution in [0.5, 0.6) is 0 Å². The number of halogens is 4. The lowest BCUT2D eigenvalue weighted by atomic mass is 10.1. The van der Waals surface area contributed by atoms with Gasteiger partial charge in [-0.25, -0.2) is 17.6 Å². The highest BCUT2D eigenvalue weighted by atomic mass is 32.1. The van der Waals surface area contributed by atoms with Gasteiger partial charge >= 0.3 is 0 Å². The van der Waals surface area contributed by atoms with Crippen LogP contribution in [-0.2, 0) is 0 Å². The molecule has 1 heterocycles. The molecule has 1 aromatic carbocycles. The van der Waals surface area contributed by atoms with Crippen LogP contribution in [0.25, 0.3) is 10.1 Å². The molecule has 0 unspecified atom stereocenters. The van der Waals surface area contributed by atoms with Gasteiger partial charge in [0.15, 0.2) is 0 Å². The summed E-state index contributed by atoms with van der Waals surface area (Å²) in [6, 6.07) is 1.92. The minimum atomic E-state index is -2.99. The van der Waals surface area contributed by atoms with Gasteiger partial charge in [-0.3, -0.25) is 0 Å². The van der Waals surface area contributed by atoms with E-state index >= 15 is 0 Å². The monoisotopic (exact) mass is 220 g/mol. The molecule has 0 N–H and O–H groups in total. The SMILES string of the molecule is Fc1cc(C(F)F)c(F)c2sccc12. The number of benzene rings is 1. The van der Waals surface area contributed by atoms with Crippen molar-refractivity contribution in [2.75, 3.05) is 0 Å². The maximum atomic E-state index is 13.3. The van der Waals surface area contributed by atoms with Gasteiger partial charge in [0.25, 0.3) is 6.43 Å². The van der Waals surface area contributed by atoms with Gasteiger partial charge in [-0.2, -0.15) is 0 Å². The number of hydrogen-bond acceptors (Lipinski definition) is 1. The molecule has 0 spiro atoms. The molecule has 2 rings (SSSR count). The third kappa shape index (κ3) is 1.28. The van der Waals surface area contributed by atoms with Crippen LogP contribution in [0, 0.1) is 11.6 Å². The first-order valence-electron chi connectivity index (χ1n) is 3.74. The summed E-state index contributed by atoms with van der Waals surface area (Å²) in [7, 11) is 0. The van der Waals surface area contributed by atoms with Crippen molar-refractivity contribution >= 4 is 21.4 Å². The predicted molar refractivity (Wildman–Crippen MR) is 46.7 cm³/mol. The Hall–Kier alpha value is -1.10. The molecule has 14 heavy (non-hydrogen) atoms. The van der Waals surface area contributed by atoms with Crippen molar-refractivity contribution in [2.24, 2.45) is 0 Å². The minimum Gasteiger partial charge on any atom is -0.206 e. The summed E-state index contributed by atoms with van der Waals surface area (Å²) in [6.45, 7) is 0. The molecule has 0 aliphatic heterocycles. The van der Waals surface area contributed by atoms with Gasteiger partial charge in [-0.15, -0.1) is 11.3 Å². The highest BCUT2D eigenvalue weighted by Crippen LogP contribution is 2.33. The smallest absolute Gasteiger partial charge is 0.206 e. The Morgan fingerprint density at radius 1 is 1.21 bits per heavy atom. The van der Waals surface area contributed by atoms with Gasteiger partial charge in [0.05, 0.1) is 10.3 Å². The van der Waals surface area contributed by atoms with Crippen molar-refractivity contribution < 1.29 is 17.6 Å². The maximum absolute atomic E-state index is 13.3. The Balaban J connectivity index is 2.82. The van der Waals surface area contributed by atoms with E-state index in [0.717, 1.165) is 11.3 Å². The topological polar surface area (TPSA) is 0 Å². The first-order chi connectivity index (χ1) is 6.61. The molecule has 2 aromatic rings. The summed E-state index contributed by atoms with van der Waals surface area (Å²) >= 11 is 0.911. The van der Waals surface area contributed by atoms with Gasteiger partial charge in [0.2, 0.25) is 0 Å². The average molecular weight is 220 g/mol. The van der Waals surface area contributed by atoms with Crippen molar-refractivity contribution in [1.82, 2.24) is 0 Å². The van der Waals surface area contributed by atoms with E-state index < -0.39 is 23.6 Å². The van der Waals surface area contributed by atoms with E-state index in [9.17, 15) is 17.6 Å². The number of thiophene rings is 1. The van der Waals surface area contributed by atoms with E-state index in [1.54, 1.807) is 0 Å². The van der Waals surface area contributed by atoms with Gasteiger partial charge in [0, 0.05) is 5.39 Å². The van der Waals surface area contributed by atoms with Gasteiger partial charge in [0.1, 0.15) is 11.6 Å². The first kappa shape index (κ1) is 9.45. The summed E-state index contributed by atoms with van der Waals surface area (Å²) < 4.78 is 50.8. The Labute approximate surface area is 80.8 Å². The molecule has 0 atom stereocenters. The lowest BCUT2D eigenvalue weighted by Crippen LogP contribution is -1.92. The van der Waals surface area contributed by atoms with E-state index in [0.29, 0.717) is 6.07 Å². The van der Waals surface area contributed by atoms with E-state index in [1.165, 1.54) is 11.4 Å². The average Bonchev–Trinajstić information content (AvgIpc) is 2.59. The molecule has 0 bridgehead atoms. The molecule has 0 fully saturated rings. The van der Waals surface area contributed by atoms with Crippen LogP contribution >= 0.6 is 11.3 Å². The zero-order chi connectivity index (χ0) is 10.3. The Bertz CT molecular complexity index is 475. The Morgan fingerprint density at radius 3 is 2.57 bits per heavy atom. The first-order valence-corrected chi connectivity index (χ1v) is 4.62. The molecular formula is C9H4F4S. The lowest BCUT2D eigenvalue weighted by molar-refractivity contribution is 0.146. The molecule has 0 nitrogen and oxygen atoms in total. The van der Waals surface area contributed by atoms with Crippen LogP contribution in [0.4, 0.5) is 17.6 Å². The fourth-order valence-corrected chi connectivity index (χ4v) is 2.09. The van der Waals surface area contributed by atoms with E-state index in [2.05, 4.69) is 0 Å². The number of rotatable bonds is 1. The molecule has 1 aromatic heterocycles. The molecule has 0 aliphatic rings. The second-order valence-electron chi connectivity index (χ2n) is 2.73. The van der Waals surface area contributed by atoms with Crippen molar-refractivity contribution in [1.29, 1.82) is 0 Å². The molecule has 0 amide bonds. The molecule has 0 saturated heterocycles. The zero-order valence-corrected chi connectivity index (χ0v) is 7.55. The lowest BCUT2D eigenvalue weighted by Gasteiger charge is -2.03. The summed E-state index contributed by atoms with van der Waals surface area (Å²) in [4.78, 5) is 0. The molecule has 74 valence electrons. The fourth-order valence-electron chi connectivity index (χ4n) is 1.23. The molecule has 5 heteroatoms. The number of hydrogen-bond donors (Lipinski definition) is 0. The normalized spacial score (nSPS) is 11.5. The summed E-state index contributed by atoms with van der Waals surface area (Å²) in [5.74, 6) is -1.83. The summed E-state index contributed by atoms with van der Waals surface area (Å²) in [5, 5.41) is 1.52. The third-order valence-electron chi connectivity index (χ3n) is 1.89. The van der Waals surface area contributed by atoms with Gasteiger partial charge < -0.3 is 0 Å². The third-order valence-corrected chi connectivity index (χ3v) is 2.80. The predicted octanol–water partition coefficient (Wildman–Crippen LogP) is 4.12. The number of fused-ring (bicyclic) bond motifs is 1. The highest BCUT2D eigenvalue weighted by Gasteiger charge is 2.19. The standard InChI is InChI=1S/C9H4F4S/c10-6-3-5(9(12)13)7(11)8-4(6)1-2-14-8/h1-3,9H. The second-order valence-corrected chi connectivity index (χ2v) is 3.64. The van der Waals surface area contributed by atoms with Gasteiger partial charge in [-0.1, -0.05) is 0 Å². The van der Waals surface area contributed by atoms with Crippen molar-refractivity contribution in [3.8, 4) is 0 Å². The minimum absolute atomic E-state index is 0.0527. The van der Waals surface area contributed by atoms with Gasteiger partial charge in [-0.05, 0) is 17.5 Å². The van der Waals surface area contributed by atoms with Crippen LogP contribution in [0.2, 0.25) is 0 Å². The van der Waals surface area contributed by atoms with Crippen molar-refractivity contribution in [3.63, 3.8) is 0 Å². The summed E-state index contributed by atoms with van der Waals surface area (Å²) in [6.07, 6.45) is -2.99. The molecular weight excluding hydrogens is 216 g/mol. The Kier molecular flexibility index (Phi) is 2.19. The van der Waals surface area contributed by atoms with Crippen LogP contribution in [0.15, 0.2) is 17.5 Å². The fraction of sp³-hybridized carbons (Fsp3) is 0.111. The van der Waals surface area contributed by atoms with E-state index in [-0.39, 0.29) is 10.1 Å². The number of alkyl halides is 2. The maximum Gasteiger partial charge on any atom is 0.266 e. The van der Waals surface area contributed by atoms with Crippen molar-refractivity contribution in [3.05, 3.63) is 34.7 Å². The van der Waals surface area contributed by atoms with Crippen LogP contribution < -0.4 is 0 Å². The van der Waals surface area contributed by atoms with Crippen LogP contribution in [-0.4, -0.2) is 0 Å². The highest BCUT2D eigenvalue weighted by molar-refractivity contribution is 7.17. The molecule has 0 aliphatic carbocycles. The largest absolute Gasteiger partial charge is 0.266 e. The van der Waals surface area contributed by atoms with E-state index in [1.807, 2.05) is 0 Å². The Morgan fingerprint density at radius 2 is 1.93 bits per heavy atom.